The highest BCUT2D eigenvalue weighted by Gasteiger charge is 2.28. The summed E-state index contributed by atoms with van der Waals surface area (Å²) in [5, 5.41) is 0. The summed E-state index contributed by atoms with van der Waals surface area (Å²) < 4.78 is 0. The van der Waals surface area contributed by atoms with Gasteiger partial charge in [0.1, 0.15) is 5.82 Å². The Labute approximate surface area is 72.4 Å². The van der Waals surface area contributed by atoms with Gasteiger partial charge in [0, 0.05) is 18.9 Å². The number of aromatic nitrogens is 2. The molecule has 1 aliphatic rings. The van der Waals surface area contributed by atoms with Crippen LogP contribution in [0.1, 0.15) is 42.9 Å². The van der Waals surface area contributed by atoms with E-state index in [4.69, 9.17) is 5.73 Å². The fourth-order valence-electron chi connectivity index (χ4n) is 1.50. The summed E-state index contributed by atoms with van der Waals surface area (Å²) in [5.74, 6) is 1.79. The van der Waals surface area contributed by atoms with Crippen LogP contribution in [0.3, 0.4) is 0 Å². The first kappa shape index (κ1) is 7.80. The average Bonchev–Trinajstić information content (AvgIpc) is 2.85. The number of rotatable bonds is 3. The van der Waals surface area contributed by atoms with E-state index in [9.17, 15) is 0 Å². The van der Waals surface area contributed by atoms with E-state index in [0.717, 1.165) is 17.9 Å². The van der Waals surface area contributed by atoms with Gasteiger partial charge in [-0.15, -0.1) is 0 Å². The Hall–Kier alpha value is -0.830. The third-order valence-electron chi connectivity index (χ3n) is 2.36. The number of nitrogens with one attached hydrogen (secondary N) is 1. The molecule has 3 nitrogen and oxygen atoms in total. The summed E-state index contributed by atoms with van der Waals surface area (Å²) in [6.45, 7) is 2.70. The van der Waals surface area contributed by atoms with Gasteiger partial charge in [0.05, 0.1) is 11.4 Å². The Morgan fingerprint density at radius 2 is 2.33 bits per heavy atom. The number of hydrogen-bond acceptors (Lipinski definition) is 2. The highest BCUT2D eigenvalue weighted by atomic mass is 15.0. The molecule has 0 radical (unpaired) electrons. The zero-order valence-corrected chi connectivity index (χ0v) is 7.43. The van der Waals surface area contributed by atoms with Gasteiger partial charge in [-0.1, -0.05) is 6.92 Å². The van der Waals surface area contributed by atoms with Gasteiger partial charge in [-0.2, -0.15) is 0 Å². The van der Waals surface area contributed by atoms with Gasteiger partial charge >= 0.3 is 0 Å². The number of imidazole rings is 1. The molecule has 0 aliphatic heterocycles. The summed E-state index contributed by atoms with van der Waals surface area (Å²) in [5.41, 5.74) is 7.99. The molecule has 66 valence electrons. The second-order valence-corrected chi connectivity index (χ2v) is 3.38. The van der Waals surface area contributed by atoms with Gasteiger partial charge in [0.2, 0.25) is 0 Å². The van der Waals surface area contributed by atoms with Gasteiger partial charge in [0.15, 0.2) is 0 Å². The molecule has 1 aromatic heterocycles. The molecule has 0 saturated heterocycles. The normalized spacial score (nSPS) is 16.8. The van der Waals surface area contributed by atoms with E-state index in [1.54, 1.807) is 0 Å². The SMILES string of the molecule is CCc1nc(C2CC2)c(CN)[nH]1. The first-order valence-electron chi connectivity index (χ1n) is 4.62. The molecule has 1 heterocycles. The molecule has 1 saturated carbocycles. The molecule has 3 heteroatoms. The van der Waals surface area contributed by atoms with Crippen LogP contribution in [0.4, 0.5) is 0 Å². The molecule has 12 heavy (non-hydrogen) atoms. The van der Waals surface area contributed by atoms with E-state index in [0.29, 0.717) is 12.5 Å². The number of H-pyrrole nitrogens is 1. The van der Waals surface area contributed by atoms with Crippen molar-refractivity contribution in [2.24, 2.45) is 5.73 Å². The van der Waals surface area contributed by atoms with E-state index in [1.807, 2.05) is 0 Å². The first-order chi connectivity index (χ1) is 5.85. The summed E-state index contributed by atoms with van der Waals surface area (Å²) in [6.07, 6.45) is 3.56. The molecule has 0 amide bonds. The number of aromatic amines is 1. The Kier molecular flexibility index (Phi) is 1.89. The van der Waals surface area contributed by atoms with Crippen LogP contribution >= 0.6 is 0 Å². The Bertz CT molecular complexity index is 273. The van der Waals surface area contributed by atoms with Crippen LogP contribution in [-0.4, -0.2) is 9.97 Å². The van der Waals surface area contributed by atoms with E-state index in [-0.39, 0.29) is 0 Å². The first-order valence-corrected chi connectivity index (χ1v) is 4.62. The molecule has 0 atom stereocenters. The molecule has 0 spiro atoms. The number of nitrogens with zero attached hydrogens (tertiary/aromatic N) is 1. The second-order valence-electron chi connectivity index (χ2n) is 3.38. The van der Waals surface area contributed by atoms with Crippen LogP contribution in [0.5, 0.6) is 0 Å². The van der Waals surface area contributed by atoms with Gasteiger partial charge in [0.25, 0.3) is 0 Å². The third-order valence-corrected chi connectivity index (χ3v) is 2.36. The standard InChI is InChI=1S/C9H15N3/c1-2-8-11-7(5-10)9(12-8)6-3-4-6/h6H,2-5,10H2,1H3,(H,11,12). The van der Waals surface area contributed by atoms with Crippen molar-refractivity contribution in [2.75, 3.05) is 0 Å². The second kappa shape index (κ2) is 2.90. The number of hydrogen-bond donors (Lipinski definition) is 2. The highest BCUT2D eigenvalue weighted by Crippen LogP contribution is 2.40. The lowest BCUT2D eigenvalue weighted by molar-refractivity contribution is 0.942. The molecule has 3 N–H and O–H groups in total. The van der Waals surface area contributed by atoms with E-state index in [2.05, 4.69) is 16.9 Å². The number of aryl methyl sites for hydroxylation is 1. The molecule has 1 aliphatic carbocycles. The van der Waals surface area contributed by atoms with Crippen LogP contribution in [0.2, 0.25) is 0 Å². The topological polar surface area (TPSA) is 54.7 Å². The quantitative estimate of drug-likeness (QED) is 0.709. The number of nitrogens with two attached hydrogens (primary N) is 1. The molecule has 2 rings (SSSR count). The van der Waals surface area contributed by atoms with Crippen molar-refractivity contribution in [1.29, 1.82) is 0 Å². The van der Waals surface area contributed by atoms with Crippen LogP contribution in [0.25, 0.3) is 0 Å². The van der Waals surface area contributed by atoms with Crippen molar-refractivity contribution in [2.45, 2.75) is 38.6 Å². The summed E-state index contributed by atoms with van der Waals surface area (Å²) in [7, 11) is 0. The van der Waals surface area contributed by atoms with Crippen LogP contribution < -0.4 is 5.73 Å². The molecule has 0 aromatic carbocycles. The molecule has 1 fully saturated rings. The lowest BCUT2D eigenvalue weighted by Gasteiger charge is -1.93. The molecule has 1 aromatic rings. The minimum absolute atomic E-state index is 0.596. The van der Waals surface area contributed by atoms with Crippen molar-refractivity contribution >= 4 is 0 Å². The van der Waals surface area contributed by atoms with Crippen LogP contribution in [0.15, 0.2) is 0 Å². The van der Waals surface area contributed by atoms with Gasteiger partial charge in [-0.25, -0.2) is 4.98 Å². The lowest BCUT2D eigenvalue weighted by Crippen LogP contribution is -2.00. The maximum Gasteiger partial charge on any atom is 0.106 e. The van der Waals surface area contributed by atoms with Crippen molar-refractivity contribution < 1.29 is 0 Å². The van der Waals surface area contributed by atoms with Gasteiger partial charge in [-0.05, 0) is 12.8 Å². The fourth-order valence-corrected chi connectivity index (χ4v) is 1.50. The van der Waals surface area contributed by atoms with E-state index >= 15 is 0 Å². The van der Waals surface area contributed by atoms with Crippen molar-refractivity contribution in [3.63, 3.8) is 0 Å². The fraction of sp³-hybridized carbons (Fsp3) is 0.667. The zero-order valence-electron chi connectivity index (χ0n) is 7.43. The lowest BCUT2D eigenvalue weighted by atomic mass is 10.2. The largest absolute Gasteiger partial charge is 0.345 e. The van der Waals surface area contributed by atoms with Crippen molar-refractivity contribution in [3.05, 3.63) is 17.2 Å². The van der Waals surface area contributed by atoms with Crippen LogP contribution in [-0.2, 0) is 13.0 Å². The summed E-state index contributed by atoms with van der Waals surface area (Å²) in [4.78, 5) is 7.79. The van der Waals surface area contributed by atoms with Crippen molar-refractivity contribution in [3.8, 4) is 0 Å². The zero-order chi connectivity index (χ0) is 8.55. The molecule has 0 bridgehead atoms. The maximum atomic E-state index is 5.61. The van der Waals surface area contributed by atoms with Crippen molar-refractivity contribution in [1.82, 2.24) is 9.97 Å². The molecule has 0 unspecified atom stereocenters. The third kappa shape index (κ3) is 1.25. The smallest absolute Gasteiger partial charge is 0.106 e. The maximum absolute atomic E-state index is 5.61. The van der Waals surface area contributed by atoms with Gasteiger partial charge in [-0.3, -0.25) is 0 Å². The highest BCUT2D eigenvalue weighted by molar-refractivity contribution is 5.23. The minimum atomic E-state index is 0.596. The Balaban J connectivity index is 2.29. The predicted octanol–water partition coefficient (Wildman–Crippen LogP) is 1.31. The molecular formula is C9H15N3. The Morgan fingerprint density at radius 1 is 1.58 bits per heavy atom. The van der Waals surface area contributed by atoms with E-state index < -0.39 is 0 Å². The summed E-state index contributed by atoms with van der Waals surface area (Å²) in [6, 6.07) is 0. The monoisotopic (exact) mass is 165 g/mol. The van der Waals surface area contributed by atoms with Gasteiger partial charge < -0.3 is 10.7 Å². The minimum Gasteiger partial charge on any atom is -0.345 e. The summed E-state index contributed by atoms with van der Waals surface area (Å²) >= 11 is 0. The predicted molar refractivity (Wildman–Crippen MR) is 47.8 cm³/mol. The Morgan fingerprint density at radius 3 is 2.83 bits per heavy atom. The van der Waals surface area contributed by atoms with E-state index in [1.165, 1.54) is 18.5 Å². The molecular weight excluding hydrogens is 150 g/mol. The average molecular weight is 165 g/mol. The van der Waals surface area contributed by atoms with Crippen LogP contribution in [0, 0.1) is 0 Å².